The molecule has 2 aliphatic rings. The van der Waals surface area contributed by atoms with Crippen molar-refractivity contribution < 1.29 is 0 Å². The van der Waals surface area contributed by atoms with E-state index in [1.807, 2.05) is 0 Å². The summed E-state index contributed by atoms with van der Waals surface area (Å²) >= 11 is 0. The summed E-state index contributed by atoms with van der Waals surface area (Å²) in [6.45, 7) is 34.9. The van der Waals surface area contributed by atoms with Crippen molar-refractivity contribution in [3.63, 3.8) is 0 Å². The molecule has 2 N–H and O–H groups in total. The van der Waals surface area contributed by atoms with Gasteiger partial charge in [-0.3, -0.25) is 0 Å². The van der Waals surface area contributed by atoms with Crippen LogP contribution in [0.25, 0.3) is 88.9 Å². The van der Waals surface area contributed by atoms with Crippen molar-refractivity contribution in [3.05, 3.63) is 166 Å². The van der Waals surface area contributed by atoms with Gasteiger partial charge in [0.15, 0.2) is 0 Å². The second kappa shape index (κ2) is 24.5. The van der Waals surface area contributed by atoms with Crippen LogP contribution < -0.4 is 0 Å². The Kier molecular flexibility index (Phi) is 18.9. The molecule has 0 radical (unpaired) electrons. The molecule has 4 aromatic carbocycles. The number of aryl methyl sites for hydroxylation is 4. The number of hydrogen-bond donors (Lipinski definition) is 2. The summed E-state index contributed by atoms with van der Waals surface area (Å²) < 4.78 is 0. The molecule has 0 spiro atoms. The third-order valence-electron chi connectivity index (χ3n) is 12.3. The predicted molar refractivity (Wildman–Crippen MR) is 302 cm³/mol. The van der Waals surface area contributed by atoms with Crippen molar-refractivity contribution in [2.75, 3.05) is 0 Å². The van der Waals surface area contributed by atoms with Gasteiger partial charge in [-0.2, -0.15) is 0 Å². The van der Waals surface area contributed by atoms with Gasteiger partial charge in [0.1, 0.15) is 0 Å². The highest BCUT2D eigenvalue weighted by Crippen LogP contribution is 2.47. The van der Waals surface area contributed by atoms with Crippen molar-refractivity contribution in [1.29, 1.82) is 0 Å². The standard InChI is InChI=1S/C52H46N4.4C3H8/c1-29-30(2)46-42(38-23-15-10-16-24-38)48-33(5)34(6)50(55-48)44(40-27-19-12-20-28-40)52-36(8)35(7)51(56-52)43(39-25-17-11-18-26-39)49-32(4)31(3)47(54-49)41(45(29)53-46)37-21-13-9-14-22-37;4*1-3-2/h9-28,53,56H,1-8H3;4*3H2,1-2H3. The zero-order valence-electron chi connectivity index (χ0n) is 44.3. The number of fused-ring (bicyclic) bond motifs is 8. The molecule has 0 aliphatic carbocycles. The zero-order valence-corrected chi connectivity index (χ0v) is 44.3. The Bertz CT molecular complexity index is 2610. The lowest BCUT2D eigenvalue weighted by molar-refractivity contribution is 1.09. The second-order valence-corrected chi connectivity index (χ2v) is 18.2. The maximum absolute atomic E-state index is 5.72. The first kappa shape index (κ1) is 52.4. The van der Waals surface area contributed by atoms with E-state index in [-0.39, 0.29) is 0 Å². The molecule has 9 rings (SSSR count). The molecule has 3 aromatic heterocycles. The molecule has 0 amide bonds. The van der Waals surface area contributed by atoms with Crippen LogP contribution in [0.1, 0.15) is 154 Å². The monoisotopic (exact) mass is 903 g/mol. The molecular weight excluding hydrogens is 825 g/mol. The van der Waals surface area contributed by atoms with Crippen molar-refractivity contribution in [2.24, 2.45) is 0 Å². The van der Waals surface area contributed by atoms with Crippen LogP contribution in [-0.4, -0.2) is 19.9 Å². The normalized spacial score (nSPS) is 11.6. The van der Waals surface area contributed by atoms with Crippen LogP contribution in [0.3, 0.4) is 0 Å². The van der Waals surface area contributed by atoms with Crippen LogP contribution in [0.5, 0.6) is 0 Å². The molecule has 7 aromatic rings. The minimum Gasteiger partial charge on any atom is -0.354 e. The Labute approximate surface area is 409 Å². The lowest BCUT2D eigenvalue weighted by Gasteiger charge is -2.08. The summed E-state index contributed by atoms with van der Waals surface area (Å²) in [6.07, 6.45) is 5.00. The van der Waals surface area contributed by atoms with Gasteiger partial charge >= 0.3 is 0 Å². The van der Waals surface area contributed by atoms with Gasteiger partial charge < -0.3 is 9.97 Å². The van der Waals surface area contributed by atoms with Crippen molar-refractivity contribution in [1.82, 2.24) is 19.9 Å². The van der Waals surface area contributed by atoms with Crippen LogP contribution in [0.4, 0.5) is 0 Å². The number of aromatic nitrogens is 4. The maximum Gasteiger partial charge on any atom is 0.0769 e. The molecule has 8 bridgehead atoms. The average molecular weight is 903 g/mol. The van der Waals surface area contributed by atoms with E-state index in [2.05, 4.69) is 242 Å². The van der Waals surface area contributed by atoms with Crippen molar-refractivity contribution in [2.45, 2.75) is 136 Å². The summed E-state index contributed by atoms with van der Waals surface area (Å²) in [5.41, 5.74) is 26.6. The Morgan fingerprint density at radius 2 is 0.441 bits per heavy atom. The fourth-order valence-electron chi connectivity index (χ4n) is 8.64. The molecule has 0 saturated carbocycles. The van der Waals surface area contributed by atoms with E-state index in [0.29, 0.717) is 0 Å². The number of rotatable bonds is 4. The van der Waals surface area contributed by atoms with Crippen molar-refractivity contribution >= 4 is 44.4 Å². The van der Waals surface area contributed by atoms with E-state index in [1.54, 1.807) is 0 Å². The van der Waals surface area contributed by atoms with E-state index in [0.717, 1.165) is 89.4 Å². The predicted octanol–water partition coefficient (Wildman–Crippen LogP) is 19.8. The van der Waals surface area contributed by atoms with E-state index < -0.39 is 0 Å². The molecule has 0 saturated heterocycles. The average Bonchev–Trinajstić information content (AvgIpc) is 4.00. The smallest absolute Gasteiger partial charge is 0.0769 e. The van der Waals surface area contributed by atoms with Gasteiger partial charge in [-0.15, -0.1) is 0 Å². The van der Waals surface area contributed by atoms with E-state index in [4.69, 9.17) is 9.97 Å². The molecule has 2 aliphatic heterocycles. The molecule has 354 valence electrons. The van der Waals surface area contributed by atoms with Gasteiger partial charge in [-0.25, -0.2) is 9.97 Å². The van der Waals surface area contributed by atoms with Crippen LogP contribution >= 0.6 is 0 Å². The maximum atomic E-state index is 5.72. The van der Waals surface area contributed by atoms with Crippen LogP contribution in [0.15, 0.2) is 121 Å². The lowest BCUT2D eigenvalue weighted by Crippen LogP contribution is -1.91. The number of benzene rings is 4. The molecule has 4 nitrogen and oxygen atoms in total. The quantitative estimate of drug-likeness (QED) is 0.185. The summed E-state index contributed by atoms with van der Waals surface area (Å²) in [7, 11) is 0. The first-order valence-corrected chi connectivity index (χ1v) is 25.2. The fraction of sp³-hybridized carbons (Fsp3) is 0.312. The van der Waals surface area contributed by atoms with Gasteiger partial charge in [-0.05, 0) is 122 Å². The van der Waals surface area contributed by atoms with Gasteiger partial charge in [0, 0.05) is 22.3 Å². The van der Waals surface area contributed by atoms with E-state index >= 15 is 0 Å². The summed E-state index contributed by atoms with van der Waals surface area (Å²) in [4.78, 5) is 19.5. The van der Waals surface area contributed by atoms with E-state index in [9.17, 15) is 0 Å². The molecule has 68 heavy (non-hydrogen) atoms. The topological polar surface area (TPSA) is 57.4 Å². The Morgan fingerprint density at radius 3 is 0.603 bits per heavy atom. The lowest BCUT2D eigenvalue weighted by atomic mass is 9.94. The van der Waals surface area contributed by atoms with E-state index in [1.165, 1.54) is 70.2 Å². The van der Waals surface area contributed by atoms with Crippen molar-refractivity contribution in [3.8, 4) is 44.5 Å². The third kappa shape index (κ3) is 10.8. The highest BCUT2D eigenvalue weighted by molar-refractivity contribution is 6.08. The Balaban J connectivity index is 0.000000655. The first-order valence-electron chi connectivity index (χ1n) is 25.2. The van der Waals surface area contributed by atoms with Gasteiger partial charge in [0.25, 0.3) is 0 Å². The molecule has 5 heterocycles. The van der Waals surface area contributed by atoms with Gasteiger partial charge in [0.2, 0.25) is 0 Å². The first-order chi connectivity index (χ1) is 32.8. The van der Waals surface area contributed by atoms with Crippen LogP contribution in [-0.2, 0) is 0 Å². The minimum atomic E-state index is 0.986. The highest BCUT2D eigenvalue weighted by atomic mass is 14.8. The molecule has 0 atom stereocenters. The highest BCUT2D eigenvalue weighted by Gasteiger charge is 2.28. The number of aromatic amines is 2. The number of nitrogens with zero attached hydrogens (tertiary/aromatic N) is 2. The molecular formula is C64H78N4. The number of hydrogen-bond acceptors (Lipinski definition) is 2. The number of H-pyrrole nitrogens is 2. The van der Waals surface area contributed by atoms with Gasteiger partial charge in [0.05, 0.1) is 44.8 Å². The molecule has 4 heteroatoms. The number of nitrogens with one attached hydrogen (secondary N) is 2. The summed E-state index contributed by atoms with van der Waals surface area (Å²) in [5.74, 6) is 0. The van der Waals surface area contributed by atoms with Gasteiger partial charge in [-0.1, -0.05) is 202 Å². The molecule has 0 fully saturated rings. The summed E-state index contributed by atoms with van der Waals surface area (Å²) in [5, 5.41) is 0. The fourth-order valence-corrected chi connectivity index (χ4v) is 8.64. The van der Waals surface area contributed by atoms with Crippen LogP contribution in [0, 0.1) is 27.7 Å². The Morgan fingerprint density at radius 1 is 0.279 bits per heavy atom. The largest absolute Gasteiger partial charge is 0.354 e. The summed E-state index contributed by atoms with van der Waals surface area (Å²) in [6, 6.07) is 43.0. The van der Waals surface area contributed by atoms with Crippen LogP contribution in [0.2, 0.25) is 0 Å². The molecule has 0 unspecified atom stereocenters. The SMILES string of the molecule is CC1=C(C)c2nc1c(-c1ccccc1)c1[nH]c(c(C)c1C)c(-c1ccccc1)c1nc(c(-c3ccccc3)c3[nH]c(c(C)c3C)c2-c2ccccc2)C(C)=C1C.CCC.CCC.CCC.CCC. The third-order valence-corrected chi connectivity index (χ3v) is 12.3. The second-order valence-electron chi connectivity index (χ2n) is 18.2. The number of allylic oxidation sites excluding steroid dienone is 4. The Hall–Kier alpha value is -6.52. The zero-order chi connectivity index (χ0) is 49.7. The minimum absolute atomic E-state index is 0.986.